The summed E-state index contributed by atoms with van der Waals surface area (Å²) in [5.74, 6) is 0.790. The first kappa shape index (κ1) is 27.0. The highest BCUT2D eigenvalue weighted by atomic mass is 35.5. The number of carbonyl (C=O) groups excluding carboxylic acids is 1. The van der Waals surface area contributed by atoms with E-state index in [1.165, 1.54) is 0 Å². The van der Waals surface area contributed by atoms with Gasteiger partial charge in [0.2, 0.25) is 5.91 Å². The Hall–Kier alpha value is -2.54. The van der Waals surface area contributed by atoms with Gasteiger partial charge in [-0.15, -0.1) is 0 Å². The third kappa shape index (κ3) is 5.31. The first-order valence-electron chi connectivity index (χ1n) is 13.3. The topological polar surface area (TPSA) is 80.0 Å². The second-order valence-corrected chi connectivity index (χ2v) is 11.5. The summed E-state index contributed by atoms with van der Waals surface area (Å²) in [5, 5.41) is 12.7. The number of carbonyl (C=O) groups is 1. The lowest BCUT2D eigenvalue weighted by molar-refractivity contribution is -0.143. The van der Waals surface area contributed by atoms with E-state index in [4.69, 9.17) is 32.4 Å². The van der Waals surface area contributed by atoms with E-state index < -0.39 is 11.2 Å². The molecule has 8 heteroatoms. The van der Waals surface area contributed by atoms with Crippen LogP contribution in [0.15, 0.2) is 39.5 Å². The van der Waals surface area contributed by atoms with E-state index in [0.717, 1.165) is 47.8 Å². The van der Waals surface area contributed by atoms with Gasteiger partial charge in [-0.1, -0.05) is 42.1 Å². The van der Waals surface area contributed by atoms with Gasteiger partial charge in [0.25, 0.3) is 0 Å². The summed E-state index contributed by atoms with van der Waals surface area (Å²) < 4.78 is 11.8. The Kier molecular flexibility index (Phi) is 7.77. The Bertz CT molecular complexity index is 1430. The first-order valence-corrected chi connectivity index (χ1v) is 14.0. The van der Waals surface area contributed by atoms with E-state index in [1.54, 1.807) is 12.1 Å². The van der Waals surface area contributed by atoms with Crippen LogP contribution >= 0.6 is 23.2 Å². The molecule has 1 aromatic heterocycles. The zero-order chi connectivity index (χ0) is 27.0. The predicted molar refractivity (Wildman–Crippen MR) is 149 cm³/mol. The van der Waals surface area contributed by atoms with Crippen LogP contribution in [0.1, 0.15) is 60.8 Å². The van der Waals surface area contributed by atoms with Crippen molar-refractivity contribution in [3.63, 3.8) is 0 Å². The molecule has 3 aromatic rings. The maximum absolute atomic E-state index is 13.0. The van der Waals surface area contributed by atoms with Crippen molar-refractivity contribution in [2.45, 2.75) is 71.0 Å². The zero-order valence-electron chi connectivity index (χ0n) is 21.8. The molecule has 38 heavy (non-hydrogen) atoms. The van der Waals surface area contributed by atoms with E-state index in [2.05, 4.69) is 0 Å². The monoisotopic (exact) mass is 557 g/mol. The summed E-state index contributed by atoms with van der Waals surface area (Å²) in [5.41, 5.74) is 2.41. The summed E-state index contributed by atoms with van der Waals surface area (Å²) in [6.07, 6.45) is 5.16. The highest BCUT2D eigenvalue weighted by Gasteiger charge is 2.43. The molecule has 1 amide bonds. The number of nitrogens with zero attached hydrogens (tertiary/aromatic N) is 1. The van der Waals surface area contributed by atoms with Gasteiger partial charge in [0.15, 0.2) is 0 Å². The van der Waals surface area contributed by atoms with Gasteiger partial charge in [-0.2, -0.15) is 0 Å². The van der Waals surface area contributed by atoms with Crippen LogP contribution in [0, 0.1) is 19.8 Å². The third-order valence-electron chi connectivity index (χ3n) is 8.40. The van der Waals surface area contributed by atoms with Gasteiger partial charge in [0.05, 0.1) is 15.6 Å². The number of benzene rings is 2. The average Bonchev–Trinajstić information content (AvgIpc) is 2.89. The lowest BCUT2D eigenvalue weighted by Crippen LogP contribution is -2.54. The molecule has 2 unspecified atom stereocenters. The smallest absolute Gasteiger partial charge is 0.339 e. The van der Waals surface area contributed by atoms with Crippen molar-refractivity contribution < 1.29 is 19.1 Å². The Morgan fingerprint density at radius 2 is 1.95 bits per heavy atom. The number of hydrogen-bond acceptors (Lipinski definition) is 5. The fourth-order valence-corrected chi connectivity index (χ4v) is 6.31. The number of fused-ring (bicyclic) bond motifs is 2. The van der Waals surface area contributed by atoms with Crippen molar-refractivity contribution in [1.29, 1.82) is 0 Å². The summed E-state index contributed by atoms with van der Waals surface area (Å²) in [6.45, 7) is 5.23. The number of rotatable bonds is 6. The molecule has 1 saturated carbocycles. The van der Waals surface area contributed by atoms with Crippen LogP contribution in [0.4, 0.5) is 0 Å². The second-order valence-electron chi connectivity index (χ2n) is 10.7. The molecule has 6 nitrogen and oxygen atoms in total. The van der Waals surface area contributed by atoms with Gasteiger partial charge in [-0.25, -0.2) is 4.79 Å². The Morgan fingerprint density at radius 3 is 2.74 bits per heavy atom. The molecule has 1 N–H and O–H groups in total. The summed E-state index contributed by atoms with van der Waals surface area (Å²) in [4.78, 5) is 27.9. The first-order chi connectivity index (χ1) is 18.2. The normalized spacial score (nSPS) is 21.4. The Morgan fingerprint density at radius 1 is 1.13 bits per heavy atom. The third-order valence-corrected chi connectivity index (χ3v) is 9.14. The van der Waals surface area contributed by atoms with Gasteiger partial charge in [0, 0.05) is 41.9 Å². The molecule has 0 spiro atoms. The van der Waals surface area contributed by atoms with E-state index in [9.17, 15) is 14.7 Å². The van der Waals surface area contributed by atoms with Crippen LogP contribution in [0.2, 0.25) is 10.0 Å². The van der Waals surface area contributed by atoms with Crippen LogP contribution < -0.4 is 10.4 Å². The summed E-state index contributed by atoms with van der Waals surface area (Å²) >= 11 is 12.1. The number of amides is 1. The van der Waals surface area contributed by atoms with Gasteiger partial charge in [0.1, 0.15) is 17.9 Å². The molecule has 2 atom stereocenters. The minimum Gasteiger partial charge on any atom is -0.488 e. The van der Waals surface area contributed by atoms with E-state index in [0.29, 0.717) is 59.5 Å². The van der Waals surface area contributed by atoms with Gasteiger partial charge in [-0.3, -0.25) is 4.79 Å². The van der Waals surface area contributed by atoms with Crippen LogP contribution in [0.25, 0.3) is 11.0 Å². The lowest BCUT2D eigenvalue weighted by Gasteiger charge is -2.47. The van der Waals surface area contributed by atoms with Crippen LogP contribution in [0.5, 0.6) is 5.75 Å². The van der Waals surface area contributed by atoms with E-state index >= 15 is 0 Å². The molecule has 2 aliphatic rings. The Labute approximate surface area is 232 Å². The van der Waals surface area contributed by atoms with Gasteiger partial charge >= 0.3 is 5.63 Å². The number of aliphatic hydroxyl groups is 1. The van der Waals surface area contributed by atoms with Crippen molar-refractivity contribution in [1.82, 2.24) is 4.90 Å². The second kappa shape index (κ2) is 10.9. The number of halogens is 2. The number of piperidine rings is 1. The van der Waals surface area contributed by atoms with Crippen LogP contribution in [0.3, 0.4) is 0 Å². The minimum atomic E-state index is -0.618. The fraction of sp³-hybridized carbons (Fsp3) is 0.467. The number of aryl methyl sites for hydroxylation is 2. The predicted octanol–water partition coefficient (Wildman–Crippen LogP) is 6.38. The standard InChI is InChI=1S/C30H33Cl2NO5/c1-18-22-7-10-26(37-17-20-6-9-24(31)25(32)15-20)19(2)28(22)38-29(35)23(18)8-11-27(34)33-14-13-30(36)12-4-3-5-21(30)16-33/h6-7,9-10,15,21,36H,3-5,8,11-14,16-17H2,1-2H3. The lowest BCUT2D eigenvalue weighted by atomic mass is 9.71. The maximum atomic E-state index is 13.0. The summed E-state index contributed by atoms with van der Waals surface area (Å²) in [6, 6.07) is 9.10. The molecule has 1 aliphatic carbocycles. The molecule has 2 fully saturated rings. The number of ether oxygens (including phenoxy) is 1. The number of likely N-dealkylation sites (tertiary alicyclic amines) is 1. The van der Waals surface area contributed by atoms with Crippen molar-refractivity contribution in [3.8, 4) is 5.75 Å². The molecule has 0 bridgehead atoms. The molecule has 2 aromatic carbocycles. The summed E-state index contributed by atoms with van der Waals surface area (Å²) in [7, 11) is 0. The van der Waals surface area contributed by atoms with Crippen LogP contribution in [-0.2, 0) is 17.8 Å². The van der Waals surface area contributed by atoms with E-state index in [1.807, 2.05) is 36.9 Å². The molecular weight excluding hydrogens is 525 g/mol. The van der Waals surface area contributed by atoms with Crippen LogP contribution in [-0.4, -0.2) is 34.6 Å². The molecule has 5 rings (SSSR count). The SMILES string of the molecule is Cc1c(CCC(=O)N2CCC3(O)CCCCC3C2)c(=O)oc2c(C)c(OCc3ccc(Cl)c(Cl)c3)ccc12. The van der Waals surface area contributed by atoms with E-state index in [-0.39, 0.29) is 18.2 Å². The van der Waals surface area contributed by atoms with Crippen molar-refractivity contribution >= 4 is 40.1 Å². The molecular formula is C30H33Cl2NO5. The maximum Gasteiger partial charge on any atom is 0.339 e. The quantitative estimate of drug-likeness (QED) is 0.355. The highest BCUT2D eigenvalue weighted by Crippen LogP contribution is 2.40. The van der Waals surface area contributed by atoms with Crippen molar-refractivity contribution in [3.05, 3.63) is 73.1 Å². The Balaban J connectivity index is 1.28. The van der Waals surface area contributed by atoms with Crippen molar-refractivity contribution in [2.75, 3.05) is 13.1 Å². The molecule has 1 aliphatic heterocycles. The number of hydrogen-bond donors (Lipinski definition) is 1. The molecule has 0 radical (unpaired) electrons. The molecule has 1 saturated heterocycles. The molecule has 202 valence electrons. The van der Waals surface area contributed by atoms with Gasteiger partial charge < -0.3 is 19.2 Å². The largest absolute Gasteiger partial charge is 0.488 e. The zero-order valence-corrected chi connectivity index (χ0v) is 23.3. The highest BCUT2D eigenvalue weighted by molar-refractivity contribution is 6.42. The minimum absolute atomic E-state index is 0.0266. The van der Waals surface area contributed by atoms with Crippen molar-refractivity contribution in [2.24, 2.45) is 5.92 Å². The average molecular weight is 559 g/mol. The van der Waals surface area contributed by atoms with Gasteiger partial charge in [-0.05, 0) is 74.9 Å². The molecule has 2 heterocycles. The fourth-order valence-electron chi connectivity index (χ4n) is 5.99.